The summed E-state index contributed by atoms with van der Waals surface area (Å²) in [6, 6.07) is 25.3. The maximum atomic E-state index is 6.20. The monoisotopic (exact) mass is 385 g/mol. The molecule has 146 valence electrons. The summed E-state index contributed by atoms with van der Waals surface area (Å²) < 4.78 is 11.6. The van der Waals surface area contributed by atoms with Gasteiger partial charge in [0.2, 0.25) is 5.90 Å². The Bertz CT molecular complexity index is 1000. The van der Waals surface area contributed by atoms with E-state index in [1.165, 1.54) is 0 Å². The fourth-order valence-corrected chi connectivity index (χ4v) is 3.13. The van der Waals surface area contributed by atoms with Gasteiger partial charge in [0.25, 0.3) is 0 Å². The number of hydrogen-bond acceptors (Lipinski definition) is 5. The fraction of sp³-hybridized carbons (Fsp3) is 0.167. The van der Waals surface area contributed by atoms with Gasteiger partial charge in [0.15, 0.2) is 0 Å². The molecule has 0 saturated heterocycles. The summed E-state index contributed by atoms with van der Waals surface area (Å²) in [6.45, 7) is 4.83. The Kier molecular flexibility index (Phi) is 5.68. The smallest absolute Gasteiger partial charge is 0.236 e. The van der Waals surface area contributed by atoms with Crippen LogP contribution in [0.2, 0.25) is 0 Å². The van der Waals surface area contributed by atoms with Gasteiger partial charge in [0.1, 0.15) is 36.4 Å². The Hall–Kier alpha value is -3.44. The highest BCUT2D eigenvalue weighted by molar-refractivity contribution is 5.93. The molecule has 4 rings (SSSR count). The van der Waals surface area contributed by atoms with Crippen LogP contribution in [0.25, 0.3) is 5.76 Å². The Morgan fingerprint density at radius 2 is 1.76 bits per heavy atom. The third-order valence-electron chi connectivity index (χ3n) is 4.75. The Morgan fingerprint density at radius 3 is 2.52 bits per heavy atom. The molecule has 2 atom stereocenters. The summed E-state index contributed by atoms with van der Waals surface area (Å²) in [5, 5.41) is 0. The van der Waals surface area contributed by atoms with Crippen LogP contribution >= 0.6 is 0 Å². The Balaban J connectivity index is 1.43. The standard InChI is InChI=1S/C24H23N3O2/c1-17(28-15-20(25)18-9-4-2-5-10-18)21-13-8-14-22(26-21)24-27-23(16-29-24)19-11-6-3-7-12-19/h2-14,20,23H,1,15-16,25H2/t20-,23-/m0/s1. The Morgan fingerprint density at radius 1 is 1.03 bits per heavy atom. The first kappa shape index (κ1) is 18.9. The number of aliphatic imine (C=N–C) groups is 1. The predicted molar refractivity (Wildman–Crippen MR) is 114 cm³/mol. The van der Waals surface area contributed by atoms with E-state index in [1.54, 1.807) is 0 Å². The average Bonchev–Trinajstić information content (AvgIpc) is 3.29. The molecule has 0 fully saturated rings. The van der Waals surface area contributed by atoms with Gasteiger partial charge in [-0.1, -0.05) is 73.3 Å². The largest absolute Gasteiger partial charge is 0.490 e. The summed E-state index contributed by atoms with van der Waals surface area (Å²) in [4.78, 5) is 9.30. The van der Waals surface area contributed by atoms with E-state index in [2.05, 4.69) is 28.7 Å². The van der Waals surface area contributed by atoms with E-state index >= 15 is 0 Å². The molecule has 0 aliphatic carbocycles. The van der Waals surface area contributed by atoms with Gasteiger partial charge in [-0.2, -0.15) is 0 Å². The van der Waals surface area contributed by atoms with Crippen molar-refractivity contribution in [1.29, 1.82) is 0 Å². The first-order valence-corrected chi connectivity index (χ1v) is 9.56. The molecule has 5 nitrogen and oxygen atoms in total. The molecular formula is C24H23N3O2. The van der Waals surface area contributed by atoms with Crippen LogP contribution in [0.4, 0.5) is 0 Å². The van der Waals surface area contributed by atoms with E-state index in [-0.39, 0.29) is 12.1 Å². The number of rotatable bonds is 7. The van der Waals surface area contributed by atoms with Crippen molar-refractivity contribution in [3.63, 3.8) is 0 Å². The van der Waals surface area contributed by atoms with Gasteiger partial charge in [0, 0.05) is 0 Å². The van der Waals surface area contributed by atoms with E-state index in [0.717, 1.165) is 11.1 Å². The summed E-state index contributed by atoms with van der Waals surface area (Å²) >= 11 is 0. The third-order valence-corrected chi connectivity index (χ3v) is 4.75. The van der Waals surface area contributed by atoms with Crippen molar-refractivity contribution >= 4 is 11.7 Å². The van der Waals surface area contributed by atoms with E-state index in [0.29, 0.717) is 36.3 Å². The van der Waals surface area contributed by atoms with Gasteiger partial charge in [0.05, 0.1) is 6.04 Å². The minimum atomic E-state index is -0.231. The van der Waals surface area contributed by atoms with Crippen LogP contribution in [0.3, 0.4) is 0 Å². The van der Waals surface area contributed by atoms with E-state index in [1.807, 2.05) is 66.7 Å². The second kappa shape index (κ2) is 8.71. The van der Waals surface area contributed by atoms with Gasteiger partial charge in [-0.3, -0.25) is 0 Å². The van der Waals surface area contributed by atoms with Gasteiger partial charge >= 0.3 is 0 Å². The zero-order chi connectivity index (χ0) is 20.1. The molecule has 0 amide bonds. The lowest BCUT2D eigenvalue weighted by Crippen LogP contribution is -2.17. The van der Waals surface area contributed by atoms with Crippen molar-refractivity contribution in [2.75, 3.05) is 13.2 Å². The lowest BCUT2D eigenvalue weighted by atomic mass is 10.1. The number of hydrogen-bond donors (Lipinski definition) is 1. The van der Waals surface area contributed by atoms with Crippen molar-refractivity contribution in [3.8, 4) is 0 Å². The van der Waals surface area contributed by atoms with Crippen LogP contribution in [-0.4, -0.2) is 24.1 Å². The Labute approximate surface area is 170 Å². The third kappa shape index (κ3) is 4.52. The topological polar surface area (TPSA) is 69.7 Å². The zero-order valence-electron chi connectivity index (χ0n) is 16.1. The number of benzene rings is 2. The predicted octanol–water partition coefficient (Wildman–Crippen LogP) is 4.29. The van der Waals surface area contributed by atoms with Crippen LogP contribution in [0, 0.1) is 0 Å². The lowest BCUT2D eigenvalue weighted by Gasteiger charge is -2.15. The molecule has 0 radical (unpaired) electrons. The highest BCUT2D eigenvalue weighted by Crippen LogP contribution is 2.25. The lowest BCUT2D eigenvalue weighted by molar-refractivity contribution is 0.253. The first-order valence-electron chi connectivity index (χ1n) is 9.56. The molecule has 2 N–H and O–H groups in total. The highest BCUT2D eigenvalue weighted by Gasteiger charge is 2.22. The van der Waals surface area contributed by atoms with Gasteiger partial charge in [-0.05, 0) is 23.3 Å². The van der Waals surface area contributed by atoms with Crippen LogP contribution in [0.5, 0.6) is 0 Å². The van der Waals surface area contributed by atoms with Crippen molar-refractivity contribution < 1.29 is 9.47 Å². The van der Waals surface area contributed by atoms with Crippen LogP contribution in [0.15, 0.2) is 90.4 Å². The molecular weight excluding hydrogens is 362 g/mol. The minimum absolute atomic E-state index is 0.0139. The van der Waals surface area contributed by atoms with Crippen molar-refractivity contribution in [2.45, 2.75) is 12.1 Å². The molecule has 0 bridgehead atoms. The quantitative estimate of drug-likeness (QED) is 0.616. The second-order valence-corrected chi connectivity index (χ2v) is 6.83. The molecule has 3 aromatic rings. The van der Waals surface area contributed by atoms with E-state index in [4.69, 9.17) is 15.2 Å². The summed E-state index contributed by atoms with van der Waals surface area (Å²) in [7, 11) is 0. The fourth-order valence-electron chi connectivity index (χ4n) is 3.13. The van der Waals surface area contributed by atoms with Crippen LogP contribution in [-0.2, 0) is 9.47 Å². The maximum absolute atomic E-state index is 6.20. The number of pyridine rings is 1. The number of nitrogens with two attached hydrogens (primary N) is 1. The molecule has 0 saturated carbocycles. The van der Waals surface area contributed by atoms with Crippen molar-refractivity contribution in [1.82, 2.24) is 4.98 Å². The molecule has 1 aromatic heterocycles. The molecule has 1 aliphatic heterocycles. The second-order valence-electron chi connectivity index (χ2n) is 6.83. The maximum Gasteiger partial charge on any atom is 0.236 e. The minimum Gasteiger partial charge on any atom is -0.490 e. The molecule has 5 heteroatoms. The summed E-state index contributed by atoms with van der Waals surface area (Å²) in [5.74, 6) is 1.01. The molecule has 2 heterocycles. The summed E-state index contributed by atoms with van der Waals surface area (Å²) in [5.41, 5.74) is 9.64. The SMILES string of the molecule is C=C(OC[C@H](N)c1ccccc1)c1cccc(C2=N[C@H](c3ccccc3)CO2)n1. The van der Waals surface area contributed by atoms with Crippen LogP contribution < -0.4 is 5.73 Å². The van der Waals surface area contributed by atoms with Crippen LogP contribution in [0.1, 0.15) is 34.6 Å². The average molecular weight is 385 g/mol. The summed E-state index contributed by atoms with van der Waals surface area (Å²) in [6.07, 6.45) is 0. The number of aromatic nitrogens is 1. The van der Waals surface area contributed by atoms with Gasteiger partial charge in [-0.15, -0.1) is 0 Å². The highest BCUT2D eigenvalue weighted by atomic mass is 16.5. The van der Waals surface area contributed by atoms with Gasteiger partial charge < -0.3 is 15.2 Å². The first-order chi connectivity index (χ1) is 14.2. The van der Waals surface area contributed by atoms with Gasteiger partial charge in [-0.25, -0.2) is 9.98 Å². The number of ether oxygens (including phenoxy) is 2. The molecule has 0 unspecified atom stereocenters. The molecule has 29 heavy (non-hydrogen) atoms. The van der Waals surface area contributed by atoms with E-state index < -0.39 is 0 Å². The molecule has 1 aliphatic rings. The molecule has 0 spiro atoms. The van der Waals surface area contributed by atoms with E-state index in [9.17, 15) is 0 Å². The zero-order valence-corrected chi connectivity index (χ0v) is 16.1. The number of nitrogens with zero attached hydrogens (tertiary/aromatic N) is 2. The van der Waals surface area contributed by atoms with Crippen molar-refractivity contribution in [2.24, 2.45) is 10.7 Å². The molecule has 2 aromatic carbocycles. The van der Waals surface area contributed by atoms with Crippen molar-refractivity contribution in [3.05, 3.63) is 108 Å². The normalized spacial score (nSPS) is 16.6.